The van der Waals surface area contributed by atoms with Crippen molar-refractivity contribution in [1.82, 2.24) is 47.4 Å². The molecule has 0 saturated carbocycles. The highest BCUT2D eigenvalue weighted by Gasteiger charge is 2.40. The Hall–Kier alpha value is -7.25. The number of nitrogens with two attached hydrogens (primary N) is 4. The fourth-order valence-corrected chi connectivity index (χ4v) is 7.78. The average molecular weight is 1100 g/mol. The summed E-state index contributed by atoms with van der Waals surface area (Å²) in [6.07, 6.45) is -0.672. The van der Waals surface area contributed by atoms with E-state index in [4.69, 9.17) is 28.0 Å². The fraction of sp³-hybridized carbons (Fsp3) is 0.717. The molecule has 0 bridgehead atoms. The van der Waals surface area contributed by atoms with E-state index in [1.54, 1.807) is 27.7 Å². The Labute approximate surface area is 444 Å². The molecule has 1 saturated heterocycles. The van der Waals surface area contributed by atoms with E-state index in [2.05, 4.69) is 47.5 Å². The van der Waals surface area contributed by atoms with Crippen molar-refractivity contribution in [1.29, 1.82) is 0 Å². The number of rotatable bonds is 37. The summed E-state index contributed by atoms with van der Waals surface area (Å²) in [5.41, 5.74) is 21.9. The average Bonchev–Trinajstić information content (AvgIpc) is 3.85. The number of unbranched alkanes of at least 4 members (excludes halogenated alkanes) is 1. The number of carboxylic acids is 3. The molecule has 436 valence electrons. The number of aliphatic hydroxyl groups is 2. The molecule has 21 N–H and O–H groups in total. The molecule has 1 heterocycles. The first-order chi connectivity index (χ1) is 36.1. The van der Waals surface area contributed by atoms with Gasteiger partial charge in [-0.05, 0) is 82.6 Å². The van der Waals surface area contributed by atoms with Gasteiger partial charge in [0.2, 0.25) is 53.2 Å². The van der Waals surface area contributed by atoms with E-state index in [1.165, 1.54) is 4.90 Å². The molecular weight excluding hydrogens is 1020 g/mol. The summed E-state index contributed by atoms with van der Waals surface area (Å²) in [5.74, 6) is -13.6. The molecule has 0 aliphatic carbocycles. The van der Waals surface area contributed by atoms with Crippen LogP contribution in [0.25, 0.3) is 0 Å². The van der Waals surface area contributed by atoms with Crippen LogP contribution in [-0.4, -0.2) is 201 Å². The van der Waals surface area contributed by atoms with E-state index in [1.807, 2.05) is 0 Å². The normalized spacial score (nSPS) is 16.2. The van der Waals surface area contributed by atoms with Gasteiger partial charge in [-0.3, -0.25) is 57.7 Å². The molecular formula is C46H80N14O17. The summed E-state index contributed by atoms with van der Waals surface area (Å²) in [5, 5.41) is 67.2. The smallest absolute Gasteiger partial charge is 0.326 e. The van der Waals surface area contributed by atoms with Gasteiger partial charge < -0.3 is 95.9 Å². The van der Waals surface area contributed by atoms with Crippen molar-refractivity contribution < 1.29 is 83.1 Å². The molecule has 0 radical (unpaired) electrons. The Kier molecular flexibility index (Phi) is 30.9. The number of carbonyl (C=O) groups excluding carboxylic acids is 9. The lowest BCUT2D eigenvalue weighted by atomic mass is 10.0. The van der Waals surface area contributed by atoms with Gasteiger partial charge >= 0.3 is 17.9 Å². The van der Waals surface area contributed by atoms with Crippen LogP contribution in [0, 0.1) is 11.8 Å². The molecule has 31 heteroatoms. The number of nitrogens with zero attached hydrogens (tertiary/aromatic N) is 2. The molecule has 0 aromatic carbocycles. The highest BCUT2D eigenvalue weighted by Crippen LogP contribution is 2.21. The minimum Gasteiger partial charge on any atom is -0.481 e. The van der Waals surface area contributed by atoms with Crippen molar-refractivity contribution in [2.24, 2.45) is 39.8 Å². The van der Waals surface area contributed by atoms with Crippen LogP contribution in [0.2, 0.25) is 0 Å². The number of guanidine groups is 1. The van der Waals surface area contributed by atoms with Crippen LogP contribution < -0.4 is 65.5 Å². The molecule has 9 amide bonds. The molecule has 1 aliphatic rings. The Morgan fingerprint density at radius 2 is 1.10 bits per heavy atom. The second-order valence-electron chi connectivity index (χ2n) is 19.2. The van der Waals surface area contributed by atoms with E-state index < -0.39 is 158 Å². The van der Waals surface area contributed by atoms with Crippen molar-refractivity contribution in [3.8, 4) is 0 Å². The van der Waals surface area contributed by atoms with Crippen LogP contribution in [0.3, 0.4) is 0 Å². The van der Waals surface area contributed by atoms with Gasteiger partial charge in [-0.2, -0.15) is 0 Å². The zero-order valence-corrected chi connectivity index (χ0v) is 43.9. The van der Waals surface area contributed by atoms with Gasteiger partial charge in [-0.15, -0.1) is 0 Å². The Morgan fingerprint density at radius 3 is 1.65 bits per heavy atom. The number of carboxylic acid groups (broad SMARTS) is 3. The summed E-state index contributed by atoms with van der Waals surface area (Å²) in [4.78, 5) is 160. The van der Waals surface area contributed by atoms with Crippen molar-refractivity contribution >= 4 is 77.0 Å². The van der Waals surface area contributed by atoms with Crippen LogP contribution in [0.4, 0.5) is 0 Å². The van der Waals surface area contributed by atoms with Crippen molar-refractivity contribution in [2.45, 2.75) is 159 Å². The lowest BCUT2D eigenvalue weighted by Crippen LogP contribution is -2.61. The van der Waals surface area contributed by atoms with E-state index in [0.717, 1.165) is 0 Å². The fourth-order valence-electron chi connectivity index (χ4n) is 7.78. The Balaban J connectivity index is 3.25. The number of amides is 9. The van der Waals surface area contributed by atoms with E-state index >= 15 is 0 Å². The summed E-state index contributed by atoms with van der Waals surface area (Å²) in [6.45, 7) is 4.42. The predicted molar refractivity (Wildman–Crippen MR) is 272 cm³/mol. The maximum atomic E-state index is 14.2. The number of carbonyl (C=O) groups is 12. The van der Waals surface area contributed by atoms with Crippen molar-refractivity contribution in [3.05, 3.63) is 0 Å². The molecule has 9 atom stereocenters. The summed E-state index contributed by atoms with van der Waals surface area (Å²) in [7, 11) is 0. The second-order valence-corrected chi connectivity index (χ2v) is 19.2. The van der Waals surface area contributed by atoms with Crippen LogP contribution >= 0.6 is 0 Å². The minimum atomic E-state index is -1.91. The third-order valence-electron chi connectivity index (χ3n) is 11.7. The van der Waals surface area contributed by atoms with Gasteiger partial charge in [0.1, 0.15) is 48.3 Å². The van der Waals surface area contributed by atoms with Crippen LogP contribution in [0.5, 0.6) is 0 Å². The zero-order chi connectivity index (χ0) is 58.5. The van der Waals surface area contributed by atoms with Gasteiger partial charge in [0, 0.05) is 19.5 Å². The molecule has 31 nitrogen and oxygen atoms in total. The number of likely N-dealkylation sites (tertiary alicyclic amines) is 1. The summed E-state index contributed by atoms with van der Waals surface area (Å²) in [6, 6.07) is -13.4. The lowest BCUT2D eigenvalue weighted by Gasteiger charge is -2.31. The molecule has 1 rings (SSSR count). The third-order valence-corrected chi connectivity index (χ3v) is 11.7. The third kappa shape index (κ3) is 25.9. The van der Waals surface area contributed by atoms with Gasteiger partial charge in [0.05, 0.1) is 32.2 Å². The van der Waals surface area contributed by atoms with Gasteiger partial charge in [-0.25, -0.2) is 4.79 Å². The Bertz CT molecular complexity index is 2070. The molecule has 77 heavy (non-hydrogen) atoms. The number of hydrogen-bond donors (Lipinski definition) is 17. The summed E-state index contributed by atoms with van der Waals surface area (Å²) >= 11 is 0. The van der Waals surface area contributed by atoms with Gasteiger partial charge in [0.15, 0.2) is 5.96 Å². The van der Waals surface area contributed by atoms with Crippen molar-refractivity contribution in [2.75, 3.05) is 39.4 Å². The van der Waals surface area contributed by atoms with Crippen LogP contribution in [-0.2, 0) is 57.5 Å². The maximum Gasteiger partial charge on any atom is 0.326 e. The molecule has 9 unspecified atom stereocenters. The highest BCUT2D eigenvalue weighted by molar-refractivity contribution is 5.99. The topological polar surface area (TPSA) is 522 Å². The number of aliphatic hydroxyl groups excluding tert-OH is 2. The predicted octanol–water partition coefficient (Wildman–Crippen LogP) is -6.50. The number of aliphatic carboxylic acids is 3. The van der Waals surface area contributed by atoms with Crippen LogP contribution in [0.15, 0.2) is 4.99 Å². The highest BCUT2D eigenvalue weighted by atomic mass is 16.4. The number of nitrogens with one attached hydrogen (secondary N) is 8. The quantitative estimate of drug-likeness (QED) is 0.0156. The zero-order valence-electron chi connectivity index (χ0n) is 43.9. The van der Waals surface area contributed by atoms with Gasteiger partial charge in [-0.1, -0.05) is 27.7 Å². The summed E-state index contributed by atoms with van der Waals surface area (Å²) < 4.78 is 0. The second kappa shape index (κ2) is 35.2. The number of aliphatic imine (C=N–C) groups is 1. The van der Waals surface area contributed by atoms with E-state index in [9.17, 15) is 78.0 Å². The van der Waals surface area contributed by atoms with Crippen molar-refractivity contribution in [3.63, 3.8) is 0 Å². The van der Waals surface area contributed by atoms with E-state index in [0.29, 0.717) is 12.8 Å². The minimum absolute atomic E-state index is 0.0280. The van der Waals surface area contributed by atoms with Gasteiger partial charge in [0.25, 0.3) is 0 Å². The molecule has 1 fully saturated rings. The largest absolute Gasteiger partial charge is 0.481 e. The van der Waals surface area contributed by atoms with Crippen LogP contribution in [0.1, 0.15) is 105 Å². The number of hydrogen-bond acceptors (Lipinski definition) is 17. The first-order valence-electron chi connectivity index (χ1n) is 25.2. The standard InChI is InChI=1S/C46H80N14O17/c1-23(2)17-28(39(70)55-27(45(76)77)10-7-15-51-46(49)50)56-40(71)29(19-36(66)67)57-42(73)32(22-62)59-38(69)26(9-5-6-14-47)54-43(74)33-11-8-16-60(33)44(75)30(18-24(3)4)58-41(72)31(21-61)53-34(63)20-52-37(68)25(48)12-13-35(64)65/h23-33,61-62H,5-22,47-48H2,1-4H3,(H,52,68)(H,53,63)(H,54,74)(H,55,70)(H,56,71)(H,57,73)(H,58,72)(H,59,69)(H,64,65)(H,66,67)(H,76,77)(H4,49,50,51). The SMILES string of the molecule is CC(C)CC(NC(=O)C(CC(=O)O)NC(=O)C(CO)NC(=O)C(CCCCN)NC(=O)C1CCCN1C(=O)C(CC(C)C)NC(=O)C(CO)NC(=O)CNC(=O)C(N)CCC(=O)O)C(=O)NC(CCCN=C(N)N)C(=O)O. The molecule has 0 spiro atoms. The first kappa shape index (κ1) is 67.8. The first-order valence-corrected chi connectivity index (χ1v) is 25.2. The monoisotopic (exact) mass is 1100 g/mol. The maximum absolute atomic E-state index is 14.2. The Morgan fingerprint density at radius 1 is 0.597 bits per heavy atom. The molecule has 0 aromatic heterocycles. The molecule has 1 aliphatic heterocycles. The van der Waals surface area contributed by atoms with E-state index in [-0.39, 0.29) is 88.8 Å². The lowest BCUT2D eigenvalue weighted by molar-refractivity contribution is -0.143. The molecule has 0 aromatic rings.